The lowest BCUT2D eigenvalue weighted by Gasteiger charge is -1.89. The molecule has 0 spiro atoms. The average molecular weight is 276 g/mol. The summed E-state index contributed by atoms with van der Waals surface area (Å²) in [5.41, 5.74) is 0.895. The lowest BCUT2D eigenvalue weighted by Crippen LogP contribution is -1.75. The number of halogens is 2. The van der Waals surface area contributed by atoms with Crippen LogP contribution in [-0.2, 0) is 0 Å². The monoisotopic (exact) mass is 274 g/mol. The highest BCUT2D eigenvalue weighted by atomic mass is 79.9. The normalized spacial score (nSPS) is 10.7. The Morgan fingerprint density at radius 2 is 2.09 bits per heavy atom. The molecule has 2 aromatic heterocycles. The van der Waals surface area contributed by atoms with Gasteiger partial charge in [-0.15, -0.1) is 0 Å². The first-order valence-corrected chi connectivity index (χ1v) is 4.65. The fourth-order valence-electron chi connectivity index (χ4n) is 0.948. The van der Waals surface area contributed by atoms with E-state index in [-0.39, 0.29) is 0 Å². The van der Waals surface area contributed by atoms with Crippen molar-refractivity contribution in [2.75, 3.05) is 0 Å². The molecular weight excluding hydrogens is 272 g/mol. The maximum atomic E-state index is 4.23. The molecule has 0 amide bonds. The Hall–Kier alpha value is -0.350. The van der Waals surface area contributed by atoms with Crippen LogP contribution >= 0.6 is 31.9 Å². The first-order chi connectivity index (χ1) is 5.27. The minimum absolute atomic E-state index is 0.847. The molecule has 0 unspecified atom stereocenters. The summed E-state index contributed by atoms with van der Waals surface area (Å²) in [5, 5.41) is 1.10. The standard InChI is InChI=1S/C7H4Br2N2/c8-5-3-10-7-4(5)1-2-6(9)11-7/h1-3H,(H,10,11). The third kappa shape index (κ3) is 1.20. The van der Waals surface area contributed by atoms with Gasteiger partial charge in [-0.3, -0.25) is 0 Å². The van der Waals surface area contributed by atoms with Crippen molar-refractivity contribution in [3.05, 3.63) is 27.4 Å². The molecule has 0 aliphatic carbocycles. The lowest BCUT2D eigenvalue weighted by molar-refractivity contribution is 1.29. The van der Waals surface area contributed by atoms with Gasteiger partial charge in [0.1, 0.15) is 10.3 Å². The van der Waals surface area contributed by atoms with E-state index in [0.29, 0.717) is 0 Å². The van der Waals surface area contributed by atoms with Gasteiger partial charge in [-0.2, -0.15) is 0 Å². The van der Waals surface area contributed by atoms with Crippen molar-refractivity contribution >= 4 is 42.9 Å². The van der Waals surface area contributed by atoms with Gasteiger partial charge in [0.15, 0.2) is 0 Å². The molecule has 0 bridgehead atoms. The zero-order valence-electron chi connectivity index (χ0n) is 5.44. The van der Waals surface area contributed by atoms with E-state index in [4.69, 9.17) is 0 Å². The summed E-state index contributed by atoms with van der Waals surface area (Å²) < 4.78 is 1.90. The lowest BCUT2D eigenvalue weighted by atomic mass is 10.3. The van der Waals surface area contributed by atoms with E-state index in [1.54, 1.807) is 0 Å². The van der Waals surface area contributed by atoms with Crippen LogP contribution in [-0.4, -0.2) is 9.97 Å². The highest BCUT2D eigenvalue weighted by Gasteiger charge is 2.00. The molecule has 11 heavy (non-hydrogen) atoms. The molecule has 0 aliphatic heterocycles. The van der Waals surface area contributed by atoms with E-state index < -0.39 is 0 Å². The summed E-state index contributed by atoms with van der Waals surface area (Å²) in [6, 6.07) is 3.92. The number of fused-ring (bicyclic) bond motifs is 1. The van der Waals surface area contributed by atoms with Crippen molar-refractivity contribution in [3.8, 4) is 0 Å². The molecule has 0 atom stereocenters. The molecule has 2 heterocycles. The van der Waals surface area contributed by atoms with Gasteiger partial charge in [0.2, 0.25) is 0 Å². The van der Waals surface area contributed by atoms with E-state index in [1.165, 1.54) is 0 Å². The van der Waals surface area contributed by atoms with Crippen LogP contribution < -0.4 is 0 Å². The van der Waals surface area contributed by atoms with Crippen LogP contribution in [0.25, 0.3) is 11.0 Å². The van der Waals surface area contributed by atoms with Crippen LogP contribution in [0.4, 0.5) is 0 Å². The van der Waals surface area contributed by atoms with Gasteiger partial charge in [0.25, 0.3) is 0 Å². The van der Waals surface area contributed by atoms with E-state index in [1.807, 2.05) is 18.3 Å². The highest BCUT2D eigenvalue weighted by Crippen LogP contribution is 2.23. The maximum absolute atomic E-state index is 4.23. The Labute approximate surface area is 80.3 Å². The van der Waals surface area contributed by atoms with E-state index in [2.05, 4.69) is 41.8 Å². The number of nitrogens with one attached hydrogen (secondary N) is 1. The van der Waals surface area contributed by atoms with E-state index in [0.717, 1.165) is 20.1 Å². The number of pyridine rings is 1. The summed E-state index contributed by atoms with van der Waals surface area (Å²) >= 11 is 6.70. The van der Waals surface area contributed by atoms with Crippen molar-refractivity contribution in [3.63, 3.8) is 0 Å². The van der Waals surface area contributed by atoms with Crippen molar-refractivity contribution < 1.29 is 0 Å². The van der Waals surface area contributed by atoms with Gasteiger partial charge in [0.05, 0.1) is 0 Å². The number of rotatable bonds is 0. The molecule has 4 heteroatoms. The molecule has 2 nitrogen and oxygen atoms in total. The molecule has 0 aliphatic rings. The summed E-state index contributed by atoms with van der Waals surface area (Å²) in [4.78, 5) is 7.27. The minimum Gasteiger partial charge on any atom is -0.345 e. The molecule has 56 valence electrons. The zero-order chi connectivity index (χ0) is 7.84. The first kappa shape index (κ1) is 7.31. The Balaban J connectivity index is 2.86. The second kappa shape index (κ2) is 2.60. The van der Waals surface area contributed by atoms with Crippen LogP contribution in [0.15, 0.2) is 27.4 Å². The fourth-order valence-corrected chi connectivity index (χ4v) is 1.69. The molecule has 2 rings (SSSR count). The summed E-state index contributed by atoms with van der Waals surface area (Å²) in [5.74, 6) is 0. The molecule has 2 aromatic rings. The maximum Gasteiger partial charge on any atom is 0.139 e. The van der Waals surface area contributed by atoms with Crippen LogP contribution in [0.1, 0.15) is 0 Å². The fraction of sp³-hybridized carbons (Fsp3) is 0. The summed E-state index contributed by atoms with van der Waals surface area (Å²) in [7, 11) is 0. The molecule has 0 fully saturated rings. The van der Waals surface area contributed by atoms with Crippen molar-refractivity contribution in [1.29, 1.82) is 0 Å². The van der Waals surface area contributed by atoms with E-state index >= 15 is 0 Å². The topological polar surface area (TPSA) is 28.7 Å². The second-order valence-corrected chi connectivity index (χ2v) is 3.83. The molecule has 1 N–H and O–H groups in total. The van der Waals surface area contributed by atoms with Gasteiger partial charge in [-0.05, 0) is 44.0 Å². The predicted molar refractivity (Wildman–Crippen MR) is 51.5 cm³/mol. The van der Waals surface area contributed by atoms with Crippen molar-refractivity contribution in [1.82, 2.24) is 9.97 Å². The molecular formula is C7H4Br2N2. The number of hydrogen-bond acceptors (Lipinski definition) is 1. The highest BCUT2D eigenvalue weighted by molar-refractivity contribution is 9.11. The number of nitrogens with zero attached hydrogens (tertiary/aromatic N) is 1. The molecule has 0 aromatic carbocycles. The molecule has 0 saturated carbocycles. The van der Waals surface area contributed by atoms with E-state index in [9.17, 15) is 0 Å². The van der Waals surface area contributed by atoms with Crippen molar-refractivity contribution in [2.24, 2.45) is 0 Å². The van der Waals surface area contributed by atoms with Gasteiger partial charge < -0.3 is 4.98 Å². The summed E-state index contributed by atoms with van der Waals surface area (Å²) in [6.07, 6.45) is 1.88. The Morgan fingerprint density at radius 3 is 2.91 bits per heavy atom. The summed E-state index contributed by atoms with van der Waals surface area (Å²) in [6.45, 7) is 0. The molecule has 0 radical (unpaired) electrons. The average Bonchev–Trinajstić information content (AvgIpc) is 2.32. The zero-order valence-corrected chi connectivity index (χ0v) is 8.61. The number of aromatic amines is 1. The third-order valence-electron chi connectivity index (χ3n) is 1.45. The van der Waals surface area contributed by atoms with Crippen LogP contribution in [0, 0.1) is 0 Å². The van der Waals surface area contributed by atoms with Crippen LogP contribution in [0.2, 0.25) is 0 Å². The minimum atomic E-state index is 0.847. The smallest absolute Gasteiger partial charge is 0.139 e. The van der Waals surface area contributed by atoms with Gasteiger partial charge in [-0.25, -0.2) is 4.98 Å². The second-order valence-electron chi connectivity index (χ2n) is 2.17. The number of H-pyrrole nitrogens is 1. The molecule has 0 saturated heterocycles. The van der Waals surface area contributed by atoms with Gasteiger partial charge >= 0.3 is 0 Å². The SMILES string of the molecule is Brc1ccc2c(Br)c[nH]c2n1. The Kier molecular flexibility index (Phi) is 1.73. The van der Waals surface area contributed by atoms with Crippen LogP contribution in [0.3, 0.4) is 0 Å². The first-order valence-electron chi connectivity index (χ1n) is 3.06. The predicted octanol–water partition coefficient (Wildman–Crippen LogP) is 3.09. The number of aromatic nitrogens is 2. The number of hydrogen-bond donors (Lipinski definition) is 1. The quantitative estimate of drug-likeness (QED) is 0.736. The van der Waals surface area contributed by atoms with Crippen LogP contribution in [0.5, 0.6) is 0 Å². The third-order valence-corrected chi connectivity index (χ3v) is 2.55. The largest absolute Gasteiger partial charge is 0.345 e. The van der Waals surface area contributed by atoms with Gasteiger partial charge in [0, 0.05) is 16.1 Å². The van der Waals surface area contributed by atoms with Gasteiger partial charge in [-0.1, -0.05) is 0 Å². The Bertz CT molecular complexity index is 394. The Morgan fingerprint density at radius 1 is 1.27 bits per heavy atom. The van der Waals surface area contributed by atoms with Crippen molar-refractivity contribution in [2.45, 2.75) is 0 Å².